The predicted octanol–water partition coefficient (Wildman–Crippen LogP) is 1.24. The second-order valence-corrected chi connectivity index (χ2v) is 7.97. The Morgan fingerprint density at radius 2 is 1.95 bits per heavy atom. The molecule has 4 rings (SSSR count). The summed E-state index contributed by atoms with van der Waals surface area (Å²) in [4.78, 5) is 14.9. The maximum Gasteiger partial charge on any atom is 0.226 e. The Balaban J connectivity index is 1.47. The quantitative estimate of drug-likeness (QED) is 0.827. The van der Waals surface area contributed by atoms with Gasteiger partial charge in [0.25, 0.3) is 0 Å². The summed E-state index contributed by atoms with van der Waals surface area (Å²) in [5.41, 5.74) is 5.50. The molecule has 4 aliphatic rings. The van der Waals surface area contributed by atoms with Gasteiger partial charge in [-0.3, -0.25) is 4.79 Å². The number of nitrogens with two attached hydrogens (primary N) is 1. The van der Waals surface area contributed by atoms with Crippen molar-refractivity contribution >= 4 is 5.91 Å². The Morgan fingerprint density at radius 1 is 1.30 bits per heavy atom. The first kappa shape index (κ1) is 13.1. The molecule has 1 heterocycles. The molecule has 1 saturated heterocycles. The molecule has 5 unspecified atom stereocenters. The number of ether oxygens (including phenoxy) is 1. The highest BCUT2D eigenvalue weighted by atomic mass is 16.5. The molecule has 112 valence electrons. The molecule has 4 nitrogen and oxygen atoms in total. The lowest BCUT2D eigenvalue weighted by atomic mass is 9.99. The molecule has 0 radical (unpaired) electrons. The zero-order valence-electron chi connectivity index (χ0n) is 12.5. The SMILES string of the molecule is CC1(C)CN(C(=O)C2C3C4CCC(C4)C23)CC(CN)O1. The first-order valence-corrected chi connectivity index (χ1v) is 8.17. The van der Waals surface area contributed by atoms with Gasteiger partial charge >= 0.3 is 0 Å². The number of hydrogen-bond donors (Lipinski definition) is 1. The molecule has 5 atom stereocenters. The van der Waals surface area contributed by atoms with Crippen molar-refractivity contribution in [3.63, 3.8) is 0 Å². The van der Waals surface area contributed by atoms with E-state index in [1.54, 1.807) is 0 Å². The van der Waals surface area contributed by atoms with E-state index in [4.69, 9.17) is 10.5 Å². The van der Waals surface area contributed by atoms with Crippen molar-refractivity contribution in [1.29, 1.82) is 0 Å². The number of carbonyl (C=O) groups is 1. The lowest BCUT2D eigenvalue weighted by Gasteiger charge is -2.42. The Morgan fingerprint density at radius 3 is 2.55 bits per heavy atom. The van der Waals surface area contributed by atoms with Gasteiger partial charge in [-0.05, 0) is 56.8 Å². The topological polar surface area (TPSA) is 55.6 Å². The second kappa shape index (κ2) is 4.20. The Labute approximate surface area is 121 Å². The van der Waals surface area contributed by atoms with Gasteiger partial charge in [0.05, 0.1) is 11.7 Å². The molecule has 0 spiro atoms. The smallest absolute Gasteiger partial charge is 0.226 e. The molecule has 2 N–H and O–H groups in total. The van der Waals surface area contributed by atoms with Crippen molar-refractivity contribution in [2.45, 2.75) is 44.8 Å². The maximum atomic E-state index is 12.9. The van der Waals surface area contributed by atoms with Crippen molar-refractivity contribution in [3.8, 4) is 0 Å². The molecule has 3 aliphatic carbocycles. The van der Waals surface area contributed by atoms with Crippen LogP contribution in [0.5, 0.6) is 0 Å². The summed E-state index contributed by atoms with van der Waals surface area (Å²) in [6.07, 6.45) is 4.14. The van der Waals surface area contributed by atoms with Crippen LogP contribution in [0.25, 0.3) is 0 Å². The van der Waals surface area contributed by atoms with Crippen molar-refractivity contribution in [3.05, 3.63) is 0 Å². The minimum absolute atomic E-state index is 0.00184. The predicted molar refractivity (Wildman–Crippen MR) is 75.9 cm³/mol. The van der Waals surface area contributed by atoms with E-state index >= 15 is 0 Å². The summed E-state index contributed by atoms with van der Waals surface area (Å²) in [6, 6.07) is 0. The Kier molecular flexibility index (Phi) is 2.75. The molecule has 0 aromatic heterocycles. The van der Waals surface area contributed by atoms with Gasteiger partial charge in [-0.15, -0.1) is 0 Å². The lowest BCUT2D eigenvalue weighted by Crippen LogP contribution is -2.57. The van der Waals surface area contributed by atoms with E-state index in [0.717, 1.165) is 23.7 Å². The lowest BCUT2D eigenvalue weighted by molar-refractivity contribution is -0.161. The van der Waals surface area contributed by atoms with Gasteiger partial charge in [0.2, 0.25) is 5.91 Å². The van der Waals surface area contributed by atoms with E-state index < -0.39 is 0 Å². The van der Waals surface area contributed by atoms with Gasteiger partial charge in [0, 0.05) is 25.6 Å². The van der Waals surface area contributed by atoms with Gasteiger partial charge in [-0.1, -0.05) is 0 Å². The van der Waals surface area contributed by atoms with Gasteiger partial charge in [-0.2, -0.15) is 0 Å². The number of amides is 1. The zero-order valence-corrected chi connectivity index (χ0v) is 12.5. The van der Waals surface area contributed by atoms with Gasteiger partial charge in [0.15, 0.2) is 0 Å². The highest BCUT2D eigenvalue weighted by Crippen LogP contribution is 2.69. The number of hydrogen-bond acceptors (Lipinski definition) is 3. The van der Waals surface area contributed by atoms with Crippen LogP contribution < -0.4 is 5.73 Å². The maximum absolute atomic E-state index is 12.9. The second-order valence-electron chi connectivity index (χ2n) is 7.97. The summed E-state index contributed by atoms with van der Waals surface area (Å²) >= 11 is 0. The summed E-state index contributed by atoms with van der Waals surface area (Å²) in [7, 11) is 0. The summed E-state index contributed by atoms with van der Waals surface area (Å²) < 4.78 is 5.93. The third kappa shape index (κ3) is 1.84. The van der Waals surface area contributed by atoms with Crippen LogP contribution in [-0.4, -0.2) is 42.1 Å². The highest BCUT2D eigenvalue weighted by Gasteiger charge is 2.68. The van der Waals surface area contributed by atoms with Crippen LogP contribution in [0.4, 0.5) is 0 Å². The summed E-state index contributed by atoms with van der Waals surface area (Å²) in [6.45, 7) is 6.02. The normalized spacial score (nSPS) is 48.2. The molecule has 20 heavy (non-hydrogen) atoms. The first-order valence-electron chi connectivity index (χ1n) is 8.17. The van der Waals surface area contributed by atoms with Crippen LogP contribution >= 0.6 is 0 Å². The van der Waals surface area contributed by atoms with E-state index in [1.807, 2.05) is 4.90 Å². The van der Waals surface area contributed by atoms with E-state index in [1.165, 1.54) is 19.3 Å². The number of fused-ring (bicyclic) bond motifs is 5. The largest absolute Gasteiger partial charge is 0.367 e. The Hall–Kier alpha value is -0.610. The fraction of sp³-hybridized carbons (Fsp3) is 0.938. The molecule has 1 amide bonds. The zero-order chi connectivity index (χ0) is 14.1. The monoisotopic (exact) mass is 278 g/mol. The van der Waals surface area contributed by atoms with Crippen molar-refractivity contribution in [1.82, 2.24) is 4.90 Å². The van der Waals surface area contributed by atoms with Crippen LogP contribution in [0.1, 0.15) is 33.1 Å². The standard InChI is InChI=1S/C16H26N2O2/c1-16(2)8-18(7-11(6-17)20-16)15(19)14-12-9-3-4-10(5-9)13(12)14/h9-14H,3-8,17H2,1-2H3. The number of morpholine rings is 1. The van der Waals surface area contributed by atoms with E-state index in [0.29, 0.717) is 31.5 Å². The first-order chi connectivity index (χ1) is 9.50. The Bertz CT molecular complexity index is 420. The molecule has 4 fully saturated rings. The number of rotatable bonds is 2. The third-order valence-electron chi connectivity index (χ3n) is 6.08. The van der Waals surface area contributed by atoms with Crippen molar-refractivity contribution < 1.29 is 9.53 Å². The van der Waals surface area contributed by atoms with Gasteiger partial charge in [-0.25, -0.2) is 0 Å². The van der Waals surface area contributed by atoms with E-state index in [2.05, 4.69) is 13.8 Å². The van der Waals surface area contributed by atoms with Gasteiger partial charge in [0.1, 0.15) is 0 Å². The fourth-order valence-electron chi connectivity index (χ4n) is 5.45. The molecule has 3 saturated carbocycles. The van der Waals surface area contributed by atoms with Gasteiger partial charge < -0.3 is 15.4 Å². The molecule has 0 aromatic rings. The third-order valence-corrected chi connectivity index (χ3v) is 6.08. The van der Waals surface area contributed by atoms with Crippen LogP contribution in [0.15, 0.2) is 0 Å². The summed E-state index contributed by atoms with van der Waals surface area (Å²) in [5.74, 6) is 3.91. The molecule has 1 aliphatic heterocycles. The molecule has 2 bridgehead atoms. The molecular formula is C16H26N2O2. The number of nitrogens with zero attached hydrogens (tertiary/aromatic N) is 1. The average Bonchev–Trinajstić information content (AvgIpc) is 2.83. The fourth-order valence-corrected chi connectivity index (χ4v) is 5.45. The van der Waals surface area contributed by atoms with Crippen LogP contribution in [0.3, 0.4) is 0 Å². The number of carbonyl (C=O) groups excluding carboxylic acids is 1. The van der Waals surface area contributed by atoms with Crippen LogP contribution in [0, 0.1) is 29.6 Å². The van der Waals surface area contributed by atoms with E-state index in [9.17, 15) is 4.79 Å². The van der Waals surface area contributed by atoms with Crippen LogP contribution in [0.2, 0.25) is 0 Å². The molecular weight excluding hydrogens is 252 g/mol. The van der Waals surface area contributed by atoms with Crippen molar-refractivity contribution in [2.75, 3.05) is 19.6 Å². The van der Waals surface area contributed by atoms with E-state index in [-0.39, 0.29) is 11.7 Å². The minimum atomic E-state index is -0.263. The van der Waals surface area contributed by atoms with Crippen LogP contribution in [-0.2, 0) is 9.53 Å². The minimum Gasteiger partial charge on any atom is -0.367 e. The van der Waals surface area contributed by atoms with Crippen molar-refractivity contribution in [2.24, 2.45) is 35.3 Å². The summed E-state index contributed by atoms with van der Waals surface area (Å²) in [5, 5.41) is 0. The molecule has 0 aromatic carbocycles. The highest BCUT2D eigenvalue weighted by molar-refractivity contribution is 5.83. The molecule has 4 heteroatoms. The average molecular weight is 278 g/mol.